The standard InChI is InChI=1S/C15H31N3O3S/c1-11(2)8-14(9-16)17-15(19)10-22(20,21)18-13-6-4-12(3)5-7-13/h11-14,18H,4-10,16H2,1-3H3,(H,17,19). The molecule has 1 aliphatic rings. The number of amides is 1. The minimum atomic E-state index is -3.58. The fourth-order valence-electron chi connectivity index (χ4n) is 2.90. The predicted molar refractivity (Wildman–Crippen MR) is 88.8 cm³/mol. The summed E-state index contributed by atoms with van der Waals surface area (Å²) in [5.41, 5.74) is 5.62. The van der Waals surface area contributed by atoms with Crippen molar-refractivity contribution in [2.75, 3.05) is 12.3 Å². The van der Waals surface area contributed by atoms with Crippen LogP contribution in [0.5, 0.6) is 0 Å². The topological polar surface area (TPSA) is 101 Å². The number of hydrogen-bond acceptors (Lipinski definition) is 4. The van der Waals surface area contributed by atoms with Gasteiger partial charge in [-0.3, -0.25) is 4.79 Å². The molecule has 22 heavy (non-hydrogen) atoms. The normalized spacial score (nSPS) is 24.2. The average Bonchev–Trinajstić information content (AvgIpc) is 2.39. The van der Waals surface area contributed by atoms with Gasteiger partial charge in [0.25, 0.3) is 0 Å². The van der Waals surface area contributed by atoms with Crippen molar-refractivity contribution < 1.29 is 13.2 Å². The summed E-state index contributed by atoms with van der Waals surface area (Å²) in [6, 6.07) is -0.201. The lowest BCUT2D eigenvalue weighted by atomic mass is 9.88. The molecule has 1 fully saturated rings. The zero-order chi connectivity index (χ0) is 16.8. The number of nitrogens with two attached hydrogens (primary N) is 1. The van der Waals surface area contributed by atoms with E-state index in [0.29, 0.717) is 18.4 Å². The molecule has 0 spiro atoms. The Bertz CT molecular complexity index is 443. The third kappa shape index (κ3) is 7.56. The quantitative estimate of drug-likeness (QED) is 0.616. The first-order valence-corrected chi connectivity index (χ1v) is 9.86. The maximum absolute atomic E-state index is 12.1. The minimum absolute atomic E-state index is 0.0324. The van der Waals surface area contributed by atoms with Crippen LogP contribution in [0.2, 0.25) is 0 Å². The highest BCUT2D eigenvalue weighted by Gasteiger charge is 2.25. The SMILES string of the molecule is CC(C)CC(CN)NC(=O)CS(=O)(=O)NC1CCC(C)CC1. The molecule has 1 atom stereocenters. The summed E-state index contributed by atoms with van der Waals surface area (Å²) in [6.07, 6.45) is 4.50. The Morgan fingerprint density at radius 2 is 1.82 bits per heavy atom. The highest BCUT2D eigenvalue weighted by Crippen LogP contribution is 2.23. The first-order valence-electron chi connectivity index (χ1n) is 8.21. The van der Waals surface area contributed by atoms with Crippen molar-refractivity contribution in [1.29, 1.82) is 0 Å². The molecule has 130 valence electrons. The van der Waals surface area contributed by atoms with E-state index in [2.05, 4.69) is 17.0 Å². The van der Waals surface area contributed by atoms with E-state index in [-0.39, 0.29) is 12.1 Å². The maximum Gasteiger partial charge on any atom is 0.236 e. The lowest BCUT2D eigenvalue weighted by Gasteiger charge is -2.26. The Kier molecular flexibility index (Phi) is 7.79. The van der Waals surface area contributed by atoms with Crippen LogP contribution >= 0.6 is 0 Å². The molecule has 0 aromatic heterocycles. The van der Waals surface area contributed by atoms with Crippen molar-refractivity contribution in [3.8, 4) is 0 Å². The molecule has 1 amide bonds. The van der Waals surface area contributed by atoms with E-state index in [1.165, 1.54) is 0 Å². The van der Waals surface area contributed by atoms with Crippen LogP contribution in [-0.2, 0) is 14.8 Å². The molecule has 1 unspecified atom stereocenters. The fourth-order valence-corrected chi connectivity index (χ4v) is 4.15. The molecule has 0 aromatic rings. The summed E-state index contributed by atoms with van der Waals surface area (Å²) in [5, 5.41) is 2.72. The third-order valence-corrected chi connectivity index (χ3v) is 5.42. The number of nitrogens with one attached hydrogen (secondary N) is 2. The third-order valence-electron chi connectivity index (χ3n) is 4.09. The van der Waals surface area contributed by atoms with Crippen LogP contribution < -0.4 is 15.8 Å². The van der Waals surface area contributed by atoms with Crippen LogP contribution in [0.3, 0.4) is 0 Å². The molecular formula is C15H31N3O3S. The van der Waals surface area contributed by atoms with Gasteiger partial charge in [0.05, 0.1) is 0 Å². The van der Waals surface area contributed by atoms with Gasteiger partial charge in [-0.2, -0.15) is 0 Å². The molecule has 0 aliphatic heterocycles. The lowest BCUT2D eigenvalue weighted by Crippen LogP contribution is -2.46. The highest BCUT2D eigenvalue weighted by molar-refractivity contribution is 7.90. The van der Waals surface area contributed by atoms with E-state index in [9.17, 15) is 13.2 Å². The summed E-state index contributed by atoms with van der Waals surface area (Å²) in [7, 11) is -3.58. The lowest BCUT2D eigenvalue weighted by molar-refractivity contribution is -0.119. The molecular weight excluding hydrogens is 302 g/mol. The molecule has 0 bridgehead atoms. The highest BCUT2D eigenvalue weighted by atomic mass is 32.2. The Hall–Kier alpha value is -0.660. The van der Waals surface area contributed by atoms with E-state index in [4.69, 9.17) is 5.73 Å². The Morgan fingerprint density at radius 1 is 1.23 bits per heavy atom. The Balaban J connectivity index is 2.44. The van der Waals surface area contributed by atoms with E-state index < -0.39 is 21.7 Å². The van der Waals surface area contributed by atoms with Crippen LogP contribution in [0.4, 0.5) is 0 Å². The van der Waals surface area contributed by atoms with E-state index >= 15 is 0 Å². The van der Waals surface area contributed by atoms with Crippen molar-refractivity contribution in [1.82, 2.24) is 10.0 Å². The second-order valence-corrected chi connectivity index (χ2v) is 8.72. The minimum Gasteiger partial charge on any atom is -0.351 e. The van der Waals surface area contributed by atoms with E-state index in [1.807, 2.05) is 13.8 Å². The summed E-state index contributed by atoms with van der Waals surface area (Å²) >= 11 is 0. The summed E-state index contributed by atoms with van der Waals surface area (Å²) < 4.78 is 26.8. The van der Waals surface area contributed by atoms with Gasteiger partial charge in [-0.25, -0.2) is 13.1 Å². The Labute approximate surface area is 134 Å². The number of rotatable bonds is 8. The number of sulfonamides is 1. The molecule has 0 radical (unpaired) electrons. The summed E-state index contributed by atoms with van der Waals surface area (Å²) in [6.45, 7) is 6.58. The van der Waals surface area contributed by atoms with Crippen molar-refractivity contribution in [3.63, 3.8) is 0 Å². The first-order chi connectivity index (χ1) is 10.2. The molecule has 6 nitrogen and oxygen atoms in total. The smallest absolute Gasteiger partial charge is 0.236 e. The number of carbonyl (C=O) groups excluding carboxylic acids is 1. The molecule has 4 N–H and O–H groups in total. The molecule has 1 rings (SSSR count). The van der Waals surface area contributed by atoms with Gasteiger partial charge in [-0.05, 0) is 43.9 Å². The zero-order valence-electron chi connectivity index (χ0n) is 14.0. The second kappa shape index (κ2) is 8.84. The predicted octanol–water partition coefficient (Wildman–Crippen LogP) is 0.974. The van der Waals surface area contributed by atoms with Gasteiger partial charge < -0.3 is 11.1 Å². The largest absolute Gasteiger partial charge is 0.351 e. The number of carbonyl (C=O) groups is 1. The molecule has 0 aromatic carbocycles. The maximum atomic E-state index is 12.1. The molecule has 1 aliphatic carbocycles. The van der Waals surface area contributed by atoms with Gasteiger partial charge in [0.1, 0.15) is 5.75 Å². The van der Waals surface area contributed by atoms with E-state index in [0.717, 1.165) is 32.1 Å². The summed E-state index contributed by atoms with van der Waals surface area (Å²) in [5.74, 6) is 0.0548. The Morgan fingerprint density at radius 3 is 2.32 bits per heavy atom. The first kappa shape index (κ1) is 19.4. The van der Waals surface area contributed by atoms with Gasteiger partial charge in [0.2, 0.25) is 15.9 Å². The van der Waals surface area contributed by atoms with Crippen molar-refractivity contribution in [2.24, 2.45) is 17.6 Å². The average molecular weight is 333 g/mol. The molecule has 0 heterocycles. The zero-order valence-corrected chi connectivity index (χ0v) is 14.8. The number of hydrogen-bond donors (Lipinski definition) is 3. The van der Waals surface area contributed by atoms with Gasteiger partial charge in [0, 0.05) is 18.6 Å². The van der Waals surface area contributed by atoms with Crippen LogP contribution in [0.25, 0.3) is 0 Å². The van der Waals surface area contributed by atoms with Crippen molar-refractivity contribution >= 4 is 15.9 Å². The van der Waals surface area contributed by atoms with Gasteiger partial charge in [0.15, 0.2) is 0 Å². The van der Waals surface area contributed by atoms with Crippen LogP contribution in [-0.4, -0.2) is 38.7 Å². The van der Waals surface area contributed by atoms with Gasteiger partial charge in [-0.1, -0.05) is 20.8 Å². The molecule has 7 heteroatoms. The fraction of sp³-hybridized carbons (Fsp3) is 0.933. The van der Waals surface area contributed by atoms with E-state index in [1.54, 1.807) is 0 Å². The van der Waals surface area contributed by atoms with Gasteiger partial charge >= 0.3 is 0 Å². The second-order valence-electron chi connectivity index (χ2n) is 6.96. The van der Waals surface area contributed by atoms with Gasteiger partial charge in [-0.15, -0.1) is 0 Å². The summed E-state index contributed by atoms with van der Waals surface area (Å²) in [4.78, 5) is 11.9. The van der Waals surface area contributed by atoms with Crippen molar-refractivity contribution in [2.45, 2.75) is 65.0 Å². The molecule has 0 saturated heterocycles. The van der Waals surface area contributed by atoms with Crippen LogP contribution in [0.1, 0.15) is 52.9 Å². The van der Waals surface area contributed by atoms with Crippen LogP contribution in [0.15, 0.2) is 0 Å². The molecule has 1 saturated carbocycles. The van der Waals surface area contributed by atoms with Crippen molar-refractivity contribution in [3.05, 3.63) is 0 Å². The van der Waals surface area contributed by atoms with Crippen LogP contribution in [0, 0.1) is 11.8 Å². The monoisotopic (exact) mass is 333 g/mol.